The summed E-state index contributed by atoms with van der Waals surface area (Å²) in [7, 11) is 0. The standard InChI is InChI=1S/C14H14N2OS/c15-12-4-2-1-3-11(12)14(17)16-7-5-13-10(9-16)6-8-18-13/h1-4,6,8H,5,7,9,15H2. The predicted octanol–water partition coefficient (Wildman–Crippen LogP) is 2.53. The Labute approximate surface area is 110 Å². The van der Waals surface area contributed by atoms with Gasteiger partial charge in [0.15, 0.2) is 0 Å². The fraction of sp³-hybridized carbons (Fsp3) is 0.214. The normalized spacial score (nSPS) is 14.3. The van der Waals surface area contributed by atoms with Crippen molar-refractivity contribution in [1.29, 1.82) is 0 Å². The quantitative estimate of drug-likeness (QED) is 0.799. The molecular weight excluding hydrogens is 244 g/mol. The lowest BCUT2D eigenvalue weighted by molar-refractivity contribution is 0.0737. The minimum atomic E-state index is 0.0324. The summed E-state index contributed by atoms with van der Waals surface area (Å²) in [4.78, 5) is 15.7. The number of anilines is 1. The maximum atomic E-state index is 12.4. The van der Waals surface area contributed by atoms with E-state index in [-0.39, 0.29) is 5.91 Å². The highest BCUT2D eigenvalue weighted by molar-refractivity contribution is 7.10. The zero-order valence-corrected chi connectivity index (χ0v) is 10.7. The van der Waals surface area contributed by atoms with Gasteiger partial charge in [0.25, 0.3) is 5.91 Å². The molecule has 1 aromatic carbocycles. The van der Waals surface area contributed by atoms with Crippen molar-refractivity contribution in [3.8, 4) is 0 Å². The number of hydrogen-bond donors (Lipinski definition) is 1. The van der Waals surface area contributed by atoms with Gasteiger partial charge in [-0.25, -0.2) is 0 Å². The van der Waals surface area contributed by atoms with Gasteiger partial charge in [0.2, 0.25) is 0 Å². The first-order chi connectivity index (χ1) is 8.75. The number of carbonyl (C=O) groups is 1. The first kappa shape index (κ1) is 11.3. The van der Waals surface area contributed by atoms with Crippen molar-refractivity contribution in [3.63, 3.8) is 0 Å². The molecule has 0 saturated heterocycles. The van der Waals surface area contributed by atoms with Gasteiger partial charge >= 0.3 is 0 Å². The van der Waals surface area contributed by atoms with Crippen LogP contribution in [-0.4, -0.2) is 17.4 Å². The van der Waals surface area contributed by atoms with Gasteiger partial charge in [-0.1, -0.05) is 12.1 Å². The fourth-order valence-electron chi connectivity index (χ4n) is 2.28. The minimum absolute atomic E-state index is 0.0324. The molecule has 0 bridgehead atoms. The van der Waals surface area contributed by atoms with E-state index in [0.29, 0.717) is 17.8 Å². The summed E-state index contributed by atoms with van der Waals surface area (Å²) in [6.45, 7) is 1.48. The third kappa shape index (κ3) is 1.88. The van der Waals surface area contributed by atoms with Crippen molar-refractivity contribution >= 4 is 22.9 Å². The van der Waals surface area contributed by atoms with E-state index in [9.17, 15) is 4.79 Å². The van der Waals surface area contributed by atoms with Crippen molar-refractivity contribution in [1.82, 2.24) is 4.90 Å². The van der Waals surface area contributed by atoms with E-state index >= 15 is 0 Å². The molecular formula is C14H14N2OS. The lowest BCUT2D eigenvalue weighted by Crippen LogP contribution is -2.35. The summed E-state index contributed by atoms with van der Waals surface area (Å²) in [5.74, 6) is 0.0324. The lowest BCUT2D eigenvalue weighted by atomic mass is 10.1. The lowest BCUT2D eigenvalue weighted by Gasteiger charge is -2.27. The molecule has 1 aliphatic rings. The van der Waals surface area contributed by atoms with Crippen LogP contribution in [0, 0.1) is 0 Å². The van der Waals surface area contributed by atoms with E-state index in [1.54, 1.807) is 23.5 Å². The second-order valence-corrected chi connectivity index (χ2v) is 5.43. The van der Waals surface area contributed by atoms with E-state index in [1.807, 2.05) is 17.0 Å². The molecule has 3 nitrogen and oxygen atoms in total. The average molecular weight is 258 g/mol. The number of nitrogens with two attached hydrogens (primary N) is 1. The van der Waals surface area contributed by atoms with E-state index in [1.165, 1.54) is 10.4 Å². The summed E-state index contributed by atoms with van der Waals surface area (Å²) in [6.07, 6.45) is 0.950. The van der Waals surface area contributed by atoms with E-state index in [0.717, 1.165) is 13.0 Å². The molecule has 1 aromatic heterocycles. The van der Waals surface area contributed by atoms with Gasteiger partial charge in [0.05, 0.1) is 5.56 Å². The Kier molecular flexibility index (Phi) is 2.80. The number of rotatable bonds is 1. The van der Waals surface area contributed by atoms with Crippen LogP contribution < -0.4 is 5.73 Å². The molecule has 0 radical (unpaired) electrons. The SMILES string of the molecule is Nc1ccccc1C(=O)N1CCc2sccc2C1. The van der Waals surface area contributed by atoms with Crippen LogP contribution in [0.2, 0.25) is 0 Å². The van der Waals surface area contributed by atoms with Crippen LogP contribution >= 0.6 is 11.3 Å². The topological polar surface area (TPSA) is 46.3 Å². The molecule has 0 fully saturated rings. The van der Waals surface area contributed by atoms with E-state index in [4.69, 9.17) is 5.73 Å². The van der Waals surface area contributed by atoms with Gasteiger partial charge in [0, 0.05) is 23.7 Å². The number of nitrogen functional groups attached to an aromatic ring is 1. The van der Waals surface area contributed by atoms with E-state index < -0.39 is 0 Å². The fourth-order valence-corrected chi connectivity index (χ4v) is 3.17. The molecule has 2 heterocycles. The second kappa shape index (κ2) is 4.46. The molecule has 3 rings (SSSR count). The van der Waals surface area contributed by atoms with Crippen LogP contribution in [0.4, 0.5) is 5.69 Å². The van der Waals surface area contributed by atoms with E-state index in [2.05, 4.69) is 11.4 Å². The summed E-state index contributed by atoms with van der Waals surface area (Å²) >= 11 is 1.78. The number of carbonyl (C=O) groups excluding carboxylic acids is 1. The molecule has 0 atom stereocenters. The van der Waals surface area contributed by atoms with Crippen LogP contribution in [0.3, 0.4) is 0 Å². The van der Waals surface area contributed by atoms with Crippen molar-refractivity contribution in [2.45, 2.75) is 13.0 Å². The first-order valence-electron chi connectivity index (χ1n) is 5.95. The molecule has 4 heteroatoms. The number of benzene rings is 1. The zero-order valence-electron chi connectivity index (χ0n) is 9.93. The molecule has 2 N–H and O–H groups in total. The molecule has 92 valence electrons. The number of hydrogen-bond acceptors (Lipinski definition) is 3. The highest BCUT2D eigenvalue weighted by atomic mass is 32.1. The van der Waals surface area contributed by atoms with Gasteiger partial charge in [-0.2, -0.15) is 0 Å². The summed E-state index contributed by atoms with van der Waals surface area (Å²) in [5.41, 5.74) is 8.29. The summed E-state index contributed by atoms with van der Waals surface area (Å²) < 4.78 is 0. The Bertz CT molecular complexity index is 591. The number of fused-ring (bicyclic) bond motifs is 1. The van der Waals surface area contributed by atoms with Crippen LogP contribution in [-0.2, 0) is 13.0 Å². The second-order valence-electron chi connectivity index (χ2n) is 4.43. The van der Waals surface area contributed by atoms with Crippen LogP contribution in [0.25, 0.3) is 0 Å². The molecule has 0 saturated carbocycles. The van der Waals surface area contributed by atoms with Crippen LogP contribution in [0.15, 0.2) is 35.7 Å². The van der Waals surface area contributed by atoms with Crippen LogP contribution in [0.1, 0.15) is 20.8 Å². The predicted molar refractivity (Wildman–Crippen MR) is 73.6 cm³/mol. The smallest absolute Gasteiger partial charge is 0.256 e. The van der Waals surface area contributed by atoms with Gasteiger partial charge in [-0.15, -0.1) is 11.3 Å². The minimum Gasteiger partial charge on any atom is -0.398 e. The molecule has 0 spiro atoms. The zero-order chi connectivity index (χ0) is 12.5. The number of nitrogens with zero attached hydrogens (tertiary/aromatic N) is 1. The molecule has 0 unspecified atom stereocenters. The third-order valence-corrected chi connectivity index (χ3v) is 4.31. The Hall–Kier alpha value is -1.81. The summed E-state index contributed by atoms with van der Waals surface area (Å²) in [6, 6.07) is 9.37. The average Bonchev–Trinajstić information content (AvgIpc) is 2.85. The van der Waals surface area contributed by atoms with Crippen molar-refractivity contribution in [3.05, 3.63) is 51.7 Å². The highest BCUT2D eigenvalue weighted by Gasteiger charge is 2.23. The highest BCUT2D eigenvalue weighted by Crippen LogP contribution is 2.25. The first-order valence-corrected chi connectivity index (χ1v) is 6.82. The Morgan fingerprint density at radius 3 is 2.94 bits per heavy atom. The Balaban J connectivity index is 1.85. The Morgan fingerprint density at radius 2 is 2.11 bits per heavy atom. The molecule has 1 aliphatic heterocycles. The van der Waals surface area contributed by atoms with Gasteiger partial charge < -0.3 is 10.6 Å². The maximum Gasteiger partial charge on any atom is 0.256 e. The number of para-hydroxylation sites is 1. The summed E-state index contributed by atoms with van der Waals surface area (Å²) in [5, 5.41) is 2.09. The number of amides is 1. The van der Waals surface area contributed by atoms with Gasteiger partial charge in [-0.3, -0.25) is 4.79 Å². The van der Waals surface area contributed by atoms with Crippen molar-refractivity contribution in [2.24, 2.45) is 0 Å². The van der Waals surface area contributed by atoms with Gasteiger partial charge in [-0.05, 0) is 35.6 Å². The largest absolute Gasteiger partial charge is 0.398 e. The van der Waals surface area contributed by atoms with Crippen molar-refractivity contribution < 1.29 is 4.79 Å². The third-order valence-electron chi connectivity index (χ3n) is 3.29. The molecule has 18 heavy (non-hydrogen) atoms. The monoisotopic (exact) mass is 258 g/mol. The van der Waals surface area contributed by atoms with Crippen LogP contribution in [0.5, 0.6) is 0 Å². The van der Waals surface area contributed by atoms with Crippen molar-refractivity contribution in [2.75, 3.05) is 12.3 Å². The molecule has 1 amide bonds. The molecule has 2 aromatic rings. The van der Waals surface area contributed by atoms with Gasteiger partial charge in [0.1, 0.15) is 0 Å². The maximum absolute atomic E-state index is 12.4. The Morgan fingerprint density at radius 1 is 1.28 bits per heavy atom. The number of thiophene rings is 1. The molecule has 0 aliphatic carbocycles.